The zero-order valence-corrected chi connectivity index (χ0v) is 7.76. The summed E-state index contributed by atoms with van der Waals surface area (Å²) in [5.41, 5.74) is 6.40. The molecule has 1 aliphatic heterocycles. The van der Waals surface area contributed by atoms with Crippen LogP contribution in [0.25, 0.3) is 0 Å². The second kappa shape index (κ2) is 3.94. The average molecular weight is 204 g/mol. The number of benzene rings is 1. The Hall–Kier alpha value is -0.800. The minimum absolute atomic E-state index is 0. The van der Waals surface area contributed by atoms with Gasteiger partial charge in [-0.25, -0.2) is 4.39 Å². The summed E-state index contributed by atoms with van der Waals surface area (Å²) in [5, 5.41) is 0. The van der Waals surface area contributed by atoms with Crippen molar-refractivity contribution in [3.63, 3.8) is 0 Å². The van der Waals surface area contributed by atoms with E-state index in [0.717, 1.165) is 5.56 Å². The molecule has 0 aliphatic carbocycles. The van der Waals surface area contributed by atoms with E-state index in [9.17, 15) is 4.39 Å². The number of hydrogen-bond donors (Lipinski definition) is 1. The first kappa shape index (κ1) is 10.3. The smallest absolute Gasteiger partial charge is 0.153 e. The van der Waals surface area contributed by atoms with Gasteiger partial charge in [-0.05, 0) is 6.07 Å². The van der Waals surface area contributed by atoms with E-state index in [1.165, 1.54) is 0 Å². The molecule has 13 heavy (non-hydrogen) atoms. The van der Waals surface area contributed by atoms with Crippen LogP contribution >= 0.6 is 12.4 Å². The highest BCUT2D eigenvalue weighted by molar-refractivity contribution is 5.85. The quantitative estimate of drug-likeness (QED) is 0.699. The molecule has 2 rings (SSSR count). The number of rotatable bonds is 0. The number of ether oxygens (including phenoxy) is 1. The van der Waals surface area contributed by atoms with Gasteiger partial charge in [0.25, 0.3) is 0 Å². The molecule has 1 aromatic carbocycles. The van der Waals surface area contributed by atoms with Gasteiger partial charge in [0.05, 0.1) is 6.04 Å². The summed E-state index contributed by atoms with van der Waals surface area (Å²) < 4.78 is 18.2. The van der Waals surface area contributed by atoms with Gasteiger partial charge in [-0.2, -0.15) is 0 Å². The number of alkyl halides is 1. The fourth-order valence-electron chi connectivity index (χ4n) is 1.36. The van der Waals surface area contributed by atoms with Gasteiger partial charge in [-0.1, -0.05) is 18.2 Å². The fourth-order valence-corrected chi connectivity index (χ4v) is 1.36. The van der Waals surface area contributed by atoms with Crippen LogP contribution in [-0.4, -0.2) is 12.8 Å². The van der Waals surface area contributed by atoms with Gasteiger partial charge in [0, 0.05) is 5.56 Å². The molecule has 0 fully saturated rings. The largest absolute Gasteiger partial charge is 0.490 e. The Kier molecular flexibility index (Phi) is 3.12. The lowest BCUT2D eigenvalue weighted by Gasteiger charge is -2.25. The molecule has 72 valence electrons. The Balaban J connectivity index is 0.000000845. The third-order valence-electron chi connectivity index (χ3n) is 2.07. The first-order valence-electron chi connectivity index (χ1n) is 3.90. The molecule has 0 radical (unpaired) electrons. The summed E-state index contributed by atoms with van der Waals surface area (Å²) in [5.74, 6) is 0.707. The van der Waals surface area contributed by atoms with Crippen molar-refractivity contribution >= 4 is 12.4 Å². The monoisotopic (exact) mass is 203 g/mol. The topological polar surface area (TPSA) is 35.2 Å². The highest BCUT2D eigenvalue weighted by Crippen LogP contribution is 2.31. The van der Waals surface area contributed by atoms with Crippen molar-refractivity contribution in [2.75, 3.05) is 6.61 Å². The molecule has 0 aromatic heterocycles. The summed E-state index contributed by atoms with van der Waals surface area (Å²) in [6, 6.07) is 6.76. The number of nitrogens with two attached hydrogens (primary N) is 1. The number of para-hydroxylation sites is 1. The second-order valence-corrected chi connectivity index (χ2v) is 2.89. The van der Waals surface area contributed by atoms with Crippen LogP contribution in [0.4, 0.5) is 4.39 Å². The highest BCUT2D eigenvalue weighted by atomic mass is 35.5. The van der Waals surface area contributed by atoms with Crippen LogP contribution in [0.1, 0.15) is 11.6 Å². The molecular weight excluding hydrogens is 193 g/mol. The average Bonchev–Trinajstić information content (AvgIpc) is 2.12. The predicted molar refractivity (Wildman–Crippen MR) is 51.0 cm³/mol. The van der Waals surface area contributed by atoms with E-state index in [0.29, 0.717) is 5.75 Å². The molecule has 2 unspecified atom stereocenters. The maximum Gasteiger partial charge on any atom is 0.153 e. The van der Waals surface area contributed by atoms with E-state index in [-0.39, 0.29) is 19.0 Å². The summed E-state index contributed by atoms with van der Waals surface area (Å²) in [6.45, 7) is 0.0676. The Bertz CT molecular complexity index is 295. The van der Waals surface area contributed by atoms with Gasteiger partial charge in [0.15, 0.2) is 6.17 Å². The molecule has 4 heteroatoms. The van der Waals surface area contributed by atoms with Gasteiger partial charge in [-0.15, -0.1) is 12.4 Å². The lowest BCUT2D eigenvalue weighted by Crippen LogP contribution is -2.32. The van der Waals surface area contributed by atoms with Crippen molar-refractivity contribution in [3.05, 3.63) is 29.8 Å². The predicted octanol–water partition coefficient (Wildman–Crippen LogP) is 1.84. The van der Waals surface area contributed by atoms with Crippen LogP contribution in [0.15, 0.2) is 24.3 Å². The number of halogens is 2. The van der Waals surface area contributed by atoms with Gasteiger partial charge in [0.2, 0.25) is 0 Å². The van der Waals surface area contributed by atoms with E-state index in [1.54, 1.807) is 12.1 Å². The molecule has 0 spiro atoms. The lowest BCUT2D eigenvalue weighted by atomic mass is 10.0. The molecule has 2 N–H and O–H groups in total. The minimum Gasteiger partial charge on any atom is -0.490 e. The molecule has 0 saturated carbocycles. The van der Waals surface area contributed by atoms with E-state index in [2.05, 4.69) is 0 Å². The van der Waals surface area contributed by atoms with Gasteiger partial charge < -0.3 is 10.5 Å². The number of hydrogen-bond acceptors (Lipinski definition) is 2. The Morgan fingerprint density at radius 2 is 2.08 bits per heavy atom. The summed E-state index contributed by atoms with van der Waals surface area (Å²) in [7, 11) is 0. The first-order valence-corrected chi connectivity index (χ1v) is 3.90. The zero-order valence-electron chi connectivity index (χ0n) is 6.94. The zero-order chi connectivity index (χ0) is 8.55. The minimum atomic E-state index is -1.08. The van der Waals surface area contributed by atoms with Crippen LogP contribution in [0.2, 0.25) is 0 Å². The molecule has 0 saturated heterocycles. The van der Waals surface area contributed by atoms with Crippen LogP contribution in [0, 0.1) is 0 Å². The molecule has 1 heterocycles. The molecule has 0 amide bonds. The second-order valence-electron chi connectivity index (χ2n) is 2.89. The van der Waals surface area contributed by atoms with Crippen molar-refractivity contribution < 1.29 is 9.13 Å². The Morgan fingerprint density at radius 3 is 2.85 bits per heavy atom. The highest BCUT2D eigenvalue weighted by Gasteiger charge is 2.26. The molecule has 1 aliphatic rings. The van der Waals surface area contributed by atoms with E-state index in [4.69, 9.17) is 10.5 Å². The fraction of sp³-hybridized carbons (Fsp3) is 0.333. The summed E-state index contributed by atoms with van der Waals surface area (Å²) in [6.07, 6.45) is -1.08. The van der Waals surface area contributed by atoms with E-state index in [1.807, 2.05) is 12.1 Å². The summed E-state index contributed by atoms with van der Waals surface area (Å²) >= 11 is 0. The SMILES string of the molecule is Cl.NC1c2ccccc2OCC1F. The maximum atomic E-state index is 13.0. The standard InChI is InChI=1S/C9H10FNO.ClH/c10-7-5-12-8-4-2-1-3-6(8)9(7)11;/h1-4,7,9H,5,11H2;1H. The van der Waals surface area contributed by atoms with Crippen molar-refractivity contribution in [1.29, 1.82) is 0 Å². The maximum absolute atomic E-state index is 13.0. The van der Waals surface area contributed by atoms with E-state index < -0.39 is 12.2 Å². The van der Waals surface area contributed by atoms with Crippen LogP contribution in [-0.2, 0) is 0 Å². The van der Waals surface area contributed by atoms with Crippen molar-refractivity contribution in [2.24, 2.45) is 5.73 Å². The van der Waals surface area contributed by atoms with Crippen molar-refractivity contribution in [2.45, 2.75) is 12.2 Å². The normalized spacial score (nSPS) is 25.4. The first-order chi connectivity index (χ1) is 5.79. The third kappa shape index (κ3) is 1.76. The van der Waals surface area contributed by atoms with Crippen molar-refractivity contribution in [3.8, 4) is 5.75 Å². The Labute approximate surface area is 82.3 Å². The molecule has 0 bridgehead atoms. The van der Waals surface area contributed by atoms with Crippen LogP contribution in [0.3, 0.4) is 0 Å². The van der Waals surface area contributed by atoms with Crippen LogP contribution < -0.4 is 10.5 Å². The summed E-state index contributed by atoms with van der Waals surface area (Å²) in [4.78, 5) is 0. The number of fused-ring (bicyclic) bond motifs is 1. The molecular formula is C9H11ClFNO. The van der Waals surface area contributed by atoms with Gasteiger partial charge >= 0.3 is 0 Å². The lowest BCUT2D eigenvalue weighted by molar-refractivity contribution is 0.147. The van der Waals surface area contributed by atoms with Crippen molar-refractivity contribution in [1.82, 2.24) is 0 Å². The third-order valence-corrected chi connectivity index (χ3v) is 2.07. The molecule has 1 aromatic rings. The Morgan fingerprint density at radius 1 is 1.38 bits per heavy atom. The van der Waals surface area contributed by atoms with Crippen LogP contribution in [0.5, 0.6) is 5.75 Å². The van der Waals surface area contributed by atoms with E-state index >= 15 is 0 Å². The molecule has 2 nitrogen and oxygen atoms in total. The van der Waals surface area contributed by atoms with Gasteiger partial charge in [-0.3, -0.25) is 0 Å². The molecule has 2 atom stereocenters. The van der Waals surface area contributed by atoms with Gasteiger partial charge in [0.1, 0.15) is 12.4 Å².